The minimum absolute atomic E-state index is 0.00778. The molecule has 8 heteroatoms. The van der Waals surface area contributed by atoms with Gasteiger partial charge in [0.1, 0.15) is 23.4 Å². The summed E-state index contributed by atoms with van der Waals surface area (Å²) in [5, 5.41) is 11.7. The van der Waals surface area contributed by atoms with Crippen LogP contribution in [0, 0.1) is 5.82 Å². The predicted molar refractivity (Wildman–Crippen MR) is 140 cm³/mol. The van der Waals surface area contributed by atoms with Gasteiger partial charge in [-0.3, -0.25) is 14.5 Å². The smallest absolute Gasteiger partial charge is 0.301 e. The number of fused-ring (bicyclic) bond motifs is 2. The molecule has 0 radical (unpaired) electrons. The number of ketones is 1. The fourth-order valence-corrected chi connectivity index (χ4v) is 6.01. The molecular formula is C29H23FN2O4S. The van der Waals surface area contributed by atoms with Crippen LogP contribution in [0.4, 0.5) is 9.52 Å². The summed E-state index contributed by atoms with van der Waals surface area (Å²) in [5.74, 6) is -1.49. The Bertz CT molecular complexity index is 1610. The summed E-state index contributed by atoms with van der Waals surface area (Å²) in [6.07, 6.45) is 1.55. The molecule has 1 amide bonds. The molecule has 1 fully saturated rings. The van der Waals surface area contributed by atoms with E-state index in [2.05, 4.69) is 4.98 Å². The highest BCUT2D eigenvalue weighted by atomic mass is 32.1. The number of aromatic nitrogens is 1. The summed E-state index contributed by atoms with van der Waals surface area (Å²) in [6, 6.07) is 16.2. The number of carbonyl (C=O) groups is 2. The maximum absolute atomic E-state index is 13.8. The maximum atomic E-state index is 13.8. The topological polar surface area (TPSA) is 79.7 Å². The summed E-state index contributed by atoms with van der Waals surface area (Å²) in [6.45, 7) is 4.01. The molecule has 0 aliphatic carbocycles. The van der Waals surface area contributed by atoms with E-state index in [-0.39, 0.29) is 22.6 Å². The van der Waals surface area contributed by atoms with Crippen molar-refractivity contribution in [2.45, 2.75) is 38.8 Å². The number of aryl methyl sites for hydroxylation is 1. The number of ether oxygens (including phenoxy) is 1. The van der Waals surface area contributed by atoms with E-state index in [4.69, 9.17) is 4.74 Å². The van der Waals surface area contributed by atoms with Gasteiger partial charge in [0.2, 0.25) is 0 Å². The molecule has 0 saturated carbocycles. The monoisotopic (exact) mass is 514 g/mol. The average Bonchev–Trinajstić information content (AvgIpc) is 3.55. The Labute approximate surface area is 216 Å². The van der Waals surface area contributed by atoms with Crippen LogP contribution in [0.5, 0.6) is 5.75 Å². The predicted octanol–water partition coefficient (Wildman–Crippen LogP) is 5.95. The number of amides is 1. The van der Waals surface area contributed by atoms with Gasteiger partial charge in [-0.05, 0) is 66.4 Å². The molecule has 2 aliphatic rings. The van der Waals surface area contributed by atoms with Crippen LogP contribution in [0.25, 0.3) is 16.0 Å². The number of Topliss-reactive ketones (excluding diaryl/α,β-unsaturated/α-hetero) is 1. The van der Waals surface area contributed by atoms with Gasteiger partial charge >= 0.3 is 5.91 Å². The van der Waals surface area contributed by atoms with Crippen LogP contribution in [-0.4, -0.2) is 27.9 Å². The molecule has 0 unspecified atom stereocenters. The molecule has 37 heavy (non-hydrogen) atoms. The summed E-state index contributed by atoms with van der Waals surface area (Å²) < 4.78 is 20.2. The molecule has 186 valence electrons. The van der Waals surface area contributed by atoms with Crippen molar-refractivity contribution in [3.8, 4) is 5.75 Å². The van der Waals surface area contributed by atoms with Crippen LogP contribution in [-0.2, 0) is 22.4 Å². The van der Waals surface area contributed by atoms with Gasteiger partial charge in [0.05, 0.1) is 21.8 Å². The largest absolute Gasteiger partial charge is 0.507 e. The molecule has 1 aromatic heterocycles. The third-order valence-electron chi connectivity index (χ3n) is 6.86. The zero-order valence-electron chi connectivity index (χ0n) is 20.2. The molecule has 2 aliphatic heterocycles. The Morgan fingerprint density at radius 3 is 2.68 bits per heavy atom. The van der Waals surface area contributed by atoms with E-state index in [9.17, 15) is 19.1 Å². The number of nitrogens with zero attached hydrogens (tertiary/aromatic N) is 2. The lowest BCUT2D eigenvalue weighted by Gasteiger charge is -2.23. The highest BCUT2D eigenvalue weighted by Gasteiger charge is 2.48. The fraction of sp³-hybridized carbons (Fsp3) is 0.207. The number of hydrogen-bond donors (Lipinski definition) is 1. The van der Waals surface area contributed by atoms with Crippen LogP contribution in [0.3, 0.4) is 0 Å². The first-order chi connectivity index (χ1) is 17.8. The van der Waals surface area contributed by atoms with Gasteiger partial charge in [0.25, 0.3) is 5.78 Å². The average molecular weight is 515 g/mol. The van der Waals surface area contributed by atoms with Gasteiger partial charge in [0, 0.05) is 12.0 Å². The van der Waals surface area contributed by atoms with Gasteiger partial charge in [-0.25, -0.2) is 9.37 Å². The standard InChI is InChI=1S/C29H23FN2O4S/c1-3-16-4-6-17(7-5-16)25-24(26(33)18-8-11-22-19(13-18)12-15(2)36-22)27(34)28(35)32(25)29-31-21-10-9-20(30)14-23(21)37-29/h4-11,13-15,25,33H,3,12H2,1-2H3/t15-,25-/m0/s1. The van der Waals surface area contributed by atoms with E-state index < -0.39 is 23.5 Å². The zero-order valence-corrected chi connectivity index (χ0v) is 21.0. The van der Waals surface area contributed by atoms with Gasteiger partial charge in [-0.1, -0.05) is 42.5 Å². The molecule has 2 atom stereocenters. The maximum Gasteiger partial charge on any atom is 0.301 e. The van der Waals surface area contributed by atoms with E-state index in [1.165, 1.54) is 17.0 Å². The highest BCUT2D eigenvalue weighted by molar-refractivity contribution is 7.22. The Balaban J connectivity index is 1.53. The third-order valence-corrected chi connectivity index (χ3v) is 7.88. The summed E-state index contributed by atoms with van der Waals surface area (Å²) in [5.41, 5.74) is 3.66. The number of aliphatic hydroxyl groups is 1. The zero-order chi connectivity index (χ0) is 25.8. The van der Waals surface area contributed by atoms with Crippen molar-refractivity contribution in [2.75, 3.05) is 4.90 Å². The molecular weight excluding hydrogens is 491 g/mol. The highest BCUT2D eigenvalue weighted by Crippen LogP contribution is 2.45. The van der Waals surface area contributed by atoms with E-state index >= 15 is 0 Å². The van der Waals surface area contributed by atoms with E-state index in [0.717, 1.165) is 34.6 Å². The fourth-order valence-electron chi connectivity index (χ4n) is 5.00. The lowest BCUT2D eigenvalue weighted by molar-refractivity contribution is -0.132. The van der Waals surface area contributed by atoms with Crippen molar-refractivity contribution in [3.63, 3.8) is 0 Å². The van der Waals surface area contributed by atoms with Gasteiger partial charge in [-0.2, -0.15) is 0 Å². The van der Waals surface area contributed by atoms with Gasteiger partial charge in [-0.15, -0.1) is 0 Å². The minimum atomic E-state index is -0.889. The second-order valence-electron chi connectivity index (χ2n) is 9.33. The van der Waals surface area contributed by atoms with Crippen molar-refractivity contribution in [2.24, 2.45) is 0 Å². The van der Waals surface area contributed by atoms with Crippen LogP contribution in [0.2, 0.25) is 0 Å². The van der Waals surface area contributed by atoms with Crippen molar-refractivity contribution in [1.82, 2.24) is 4.98 Å². The van der Waals surface area contributed by atoms with Gasteiger partial charge in [0.15, 0.2) is 5.13 Å². The second-order valence-corrected chi connectivity index (χ2v) is 10.3. The Hall–Kier alpha value is -4.04. The normalized spacial score (nSPS) is 20.5. The van der Waals surface area contributed by atoms with E-state index in [1.807, 2.05) is 38.1 Å². The first kappa shape index (κ1) is 23.4. The Morgan fingerprint density at radius 1 is 1.14 bits per heavy atom. The lowest BCUT2D eigenvalue weighted by Crippen LogP contribution is -2.29. The summed E-state index contributed by atoms with van der Waals surface area (Å²) >= 11 is 1.13. The van der Waals surface area contributed by atoms with Crippen LogP contribution < -0.4 is 9.64 Å². The van der Waals surface area contributed by atoms with Crippen molar-refractivity contribution < 1.29 is 23.8 Å². The number of anilines is 1. The number of carbonyl (C=O) groups excluding carboxylic acids is 2. The molecule has 4 aromatic rings. The number of rotatable bonds is 4. The van der Waals surface area contributed by atoms with E-state index in [0.29, 0.717) is 27.8 Å². The Kier molecular flexibility index (Phi) is 5.56. The second kappa shape index (κ2) is 8.81. The first-order valence-corrected chi connectivity index (χ1v) is 12.9. The molecule has 6 rings (SSSR count). The Morgan fingerprint density at radius 2 is 1.92 bits per heavy atom. The lowest BCUT2D eigenvalue weighted by atomic mass is 9.94. The molecule has 3 aromatic carbocycles. The van der Waals surface area contributed by atoms with Gasteiger partial charge < -0.3 is 9.84 Å². The SMILES string of the molecule is CCc1ccc([C@H]2C(=C(O)c3ccc4c(c3)C[C@H](C)O4)C(=O)C(=O)N2c2nc3ccc(F)cc3s2)cc1. The van der Waals surface area contributed by atoms with Crippen molar-refractivity contribution >= 4 is 44.1 Å². The molecule has 0 bridgehead atoms. The summed E-state index contributed by atoms with van der Waals surface area (Å²) in [7, 11) is 0. The quantitative estimate of drug-likeness (QED) is 0.207. The van der Waals surface area contributed by atoms with Crippen LogP contribution in [0.15, 0.2) is 66.2 Å². The third kappa shape index (κ3) is 3.88. The van der Waals surface area contributed by atoms with E-state index in [1.54, 1.807) is 24.3 Å². The number of thiazole rings is 1. The molecule has 3 heterocycles. The van der Waals surface area contributed by atoms with Crippen LogP contribution in [0.1, 0.15) is 42.1 Å². The van der Waals surface area contributed by atoms with Crippen molar-refractivity contribution in [3.05, 3.63) is 94.3 Å². The molecule has 6 nitrogen and oxygen atoms in total. The minimum Gasteiger partial charge on any atom is -0.507 e. The number of halogens is 1. The van der Waals surface area contributed by atoms with Crippen molar-refractivity contribution in [1.29, 1.82) is 0 Å². The first-order valence-electron chi connectivity index (χ1n) is 12.1. The number of hydrogen-bond acceptors (Lipinski definition) is 6. The molecule has 1 N–H and O–H groups in total. The summed E-state index contributed by atoms with van der Waals surface area (Å²) in [4.78, 5) is 32.7. The number of aliphatic hydroxyl groups excluding tert-OH is 1. The molecule has 0 spiro atoms. The number of benzene rings is 3. The van der Waals surface area contributed by atoms with Crippen LogP contribution >= 0.6 is 11.3 Å². The molecule has 1 saturated heterocycles.